The molecule has 2 rings (SSSR count). The Bertz CT molecular complexity index is 712. The van der Waals surface area contributed by atoms with Crippen molar-refractivity contribution in [2.75, 3.05) is 11.9 Å². The van der Waals surface area contributed by atoms with Crippen LogP contribution >= 0.6 is 0 Å². The number of carbonyl (C=O) groups excluding carboxylic acids is 2. The van der Waals surface area contributed by atoms with Crippen molar-refractivity contribution in [1.29, 1.82) is 0 Å². The van der Waals surface area contributed by atoms with Crippen LogP contribution in [-0.2, 0) is 16.1 Å². The van der Waals surface area contributed by atoms with Gasteiger partial charge in [-0.2, -0.15) is 5.10 Å². The van der Waals surface area contributed by atoms with Crippen molar-refractivity contribution in [3.63, 3.8) is 0 Å². The molecule has 0 unspecified atom stereocenters. The Morgan fingerprint density at radius 2 is 1.88 bits per heavy atom. The predicted molar refractivity (Wildman–Crippen MR) is 86.5 cm³/mol. The van der Waals surface area contributed by atoms with Gasteiger partial charge in [0, 0.05) is 30.8 Å². The van der Waals surface area contributed by atoms with Crippen molar-refractivity contribution < 1.29 is 19.5 Å². The van der Waals surface area contributed by atoms with Crippen LogP contribution in [0.4, 0.5) is 5.82 Å². The summed E-state index contributed by atoms with van der Waals surface area (Å²) in [6.07, 6.45) is 2.19. The Labute approximate surface area is 138 Å². The molecule has 3 N–H and O–H groups in total. The number of carboxylic acid groups (broad SMARTS) is 1. The number of rotatable bonds is 8. The molecule has 0 aliphatic rings. The van der Waals surface area contributed by atoms with Gasteiger partial charge in [-0.3, -0.25) is 19.1 Å². The number of hydrogen-bond donors (Lipinski definition) is 3. The Kier molecular flexibility index (Phi) is 6.07. The van der Waals surface area contributed by atoms with Gasteiger partial charge in [0.15, 0.2) is 5.82 Å². The normalized spacial score (nSPS) is 10.2. The lowest BCUT2D eigenvalue weighted by molar-refractivity contribution is -0.137. The zero-order valence-corrected chi connectivity index (χ0v) is 12.9. The molecule has 24 heavy (non-hydrogen) atoms. The quantitative estimate of drug-likeness (QED) is 0.628. The number of aliphatic carboxylic acids is 1. The van der Waals surface area contributed by atoms with Crippen LogP contribution in [0, 0.1) is 0 Å². The Hall–Kier alpha value is -3.16. The topological polar surface area (TPSA) is 113 Å². The fourth-order valence-corrected chi connectivity index (χ4v) is 2.00. The van der Waals surface area contributed by atoms with Crippen LogP contribution in [0.1, 0.15) is 23.2 Å². The van der Waals surface area contributed by atoms with E-state index in [1.807, 2.05) is 6.07 Å². The highest BCUT2D eigenvalue weighted by atomic mass is 16.4. The summed E-state index contributed by atoms with van der Waals surface area (Å²) in [4.78, 5) is 34.1. The molecular weight excluding hydrogens is 312 g/mol. The zero-order chi connectivity index (χ0) is 17.4. The molecule has 0 radical (unpaired) electrons. The highest BCUT2D eigenvalue weighted by Crippen LogP contribution is 2.04. The van der Waals surface area contributed by atoms with Crippen molar-refractivity contribution in [2.45, 2.75) is 19.4 Å². The molecule has 0 fully saturated rings. The summed E-state index contributed by atoms with van der Waals surface area (Å²) in [5.41, 5.74) is 0.575. The summed E-state index contributed by atoms with van der Waals surface area (Å²) < 4.78 is 1.22. The number of hydrogen-bond acceptors (Lipinski definition) is 4. The molecule has 126 valence electrons. The van der Waals surface area contributed by atoms with Crippen LogP contribution < -0.4 is 10.6 Å². The van der Waals surface area contributed by atoms with Gasteiger partial charge in [0.2, 0.25) is 5.91 Å². The third kappa shape index (κ3) is 5.56. The second-order valence-corrected chi connectivity index (χ2v) is 5.07. The van der Waals surface area contributed by atoms with Gasteiger partial charge in [0.1, 0.15) is 6.54 Å². The largest absolute Gasteiger partial charge is 0.480 e. The van der Waals surface area contributed by atoms with Crippen molar-refractivity contribution >= 4 is 23.6 Å². The van der Waals surface area contributed by atoms with Gasteiger partial charge >= 0.3 is 5.97 Å². The molecule has 0 spiro atoms. The number of aromatic nitrogens is 2. The van der Waals surface area contributed by atoms with Gasteiger partial charge in [0.05, 0.1) is 0 Å². The van der Waals surface area contributed by atoms with Gasteiger partial charge in [-0.1, -0.05) is 18.2 Å². The molecule has 1 aromatic carbocycles. The molecule has 2 amide bonds. The van der Waals surface area contributed by atoms with Crippen LogP contribution in [0.2, 0.25) is 0 Å². The molecule has 0 aliphatic carbocycles. The van der Waals surface area contributed by atoms with Gasteiger partial charge in [-0.15, -0.1) is 0 Å². The molecule has 1 heterocycles. The molecule has 0 atom stereocenters. The van der Waals surface area contributed by atoms with E-state index in [2.05, 4.69) is 15.7 Å². The molecule has 0 saturated heterocycles. The first-order valence-electron chi connectivity index (χ1n) is 7.43. The summed E-state index contributed by atoms with van der Waals surface area (Å²) >= 11 is 0. The minimum Gasteiger partial charge on any atom is -0.480 e. The smallest absolute Gasteiger partial charge is 0.325 e. The molecule has 8 heteroatoms. The molecule has 1 aromatic heterocycles. The van der Waals surface area contributed by atoms with E-state index in [1.165, 1.54) is 16.9 Å². The van der Waals surface area contributed by atoms with Crippen molar-refractivity contribution in [3.8, 4) is 0 Å². The van der Waals surface area contributed by atoms with E-state index in [-0.39, 0.29) is 24.8 Å². The highest BCUT2D eigenvalue weighted by molar-refractivity contribution is 5.94. The number of amides is 2. The van der Waals surface area contributed by atoms with Crippen LogP contribution in [0.3, 0.4) is 0 Å². The zero-order valence-electron chi connectivity index (χ0n) is 12.9. The predicted octanol–water partition coefficient (Wildman–Crippen LogP) is 1.12. The number of nitrogens with zero attached hydrogens (tertiary/aromatic N) is 2. The highest BCUT2D eigenvalue weighted by Gasteiger charge is 2.08. The monoisotopic (exact) mass is 330 g/mol. The molecule has 8 nitrogen and oxygen atoms in total. The lowest BCUT2D eigenvalue weighted by Crippen LogP contribution is -2.25. The number of carboxylic acids is 1. The van der Waals surface area contributed by atoms with E-state index in [0.717, 1.165) is 0 Å². The second kappa shape index (κ2) is 8.47. The van der Waals surface area contributed by atoms with Gasteiger partial charge in [-0.25, -0.2) is 0 Å². The van der Waals surface area contributed by atoms with Crippen molar-refractivity contribution in [3.05, 3.63) is 48.2 Å². The Balaban J connectivity index is 1.67. The third-order valence-corrected chi connectivity index (χ3v) is 3.11. The molecule has 0 aliphatic heterocycles. The Morgan fingerprint density at radius 1 is 1.12 bits per heavy atom. The molecular formula is C16H18N4O4. The third-order valence-electron chi connectivity index (χ3n) is 3.11. The first-order chi connectivity index (χ1) is 11.5. The summed E-state index contributed by atoms with van der Waals surface area (Å²) in [6.45, 7) is 0.121. The average molecular weight is 330 g/mol. The maximum Gasteiger partial charge on any atom is 0.325 e. The van der Waals surface area contributed by atoms with Crippen LogP contribution in [0.25, 0.3) is 0 Å². The number of carbonyl (C=O) groups is 3. The first kappa shape index (κ1) is 17.2. The molecule has 2 aromatic rings. The van der Waals surface area contributed by atoms with Gasteiger partial charge in [0.25, 0.3) is 5.91 Å². The lowest BCUT2D eigenvalue weighted by Gasteiger charge is -2.05. The summed E-state index contributed by atoms with van der Waals surface area (Å²) in [6, 6.07) is 10.4. The number of anilines is 1. The summed E-state index contributed by atoms with van der Waals surface area (Å²) in [5.74, 6) is -1.13. The average Bonchev–Trinajstić information content (AvgIpc) is 2.98. The SMILES string of the molecule is O=C(O)Cn1ccc(NC(=O)CCCNC(=O)c2ccccc2)n1. The van der Waals surface area contributed by atoms with Crippen molar-refractivity contribution in [1.82, 2.24) is 15.1 Å². The fourth-order valence-electron chi connectivity index (χ4n) is 2.00. The Morgan fingerprint density at radius 3 is 2.58 bits per heavy atom. The maximum absolute atomic E-state index is 11.8. The second-order valence-electron chi connectivity index (χ2n) is 5.07. The van der Waals surface area contributed by atoms with E-state index in [0.29, 0.717) is 24.3 Å². The van der Waals surface area contributed by atoms with Crippen LogP contribution in [0.5, 0.6) is 0 Å². The van der Waals surface area contributed by atoms with E-state index < -0.39 is 5.97 Å². The van der Waals surface area contributed by atoms with Crippen molar-refractivity contribution in [2.24, 2.45) is 0 Å². The minimum atomic E-state index is -1.01. The van der Waals surface area contributed by atoms with E-state index >= 15 is 0 Å². The molecule has 0 bridgehead atoms. The summed E-state index contributed by atoms with van der Waals surface area (Å²) in [7, 11) is 0. The van der Waals surface area contributed by atoms with Gasteiger partial charge < -0.3 is 15.7 Å². The minimum absolute atomic E-state index is 0.177. The lowest BCUT2D eigenvalue weighted by atomic mass is 10.2. The fraction of sp³-hybridized carbons (Fsp3) is 0.250. The summed E-state index contributed by atoms with van der Waals surface area (Å²) in [5, 5.41) is 17.9. The molecule has 0 saturated carbocycles. The van der Waals surface area contributed by atoms with E-state index in [4.69, 9.17) is 5.11 Å². The first-order valence-corrected chi connectivity index (χ1v) is 7.43. The number of nitrogens with one attached hydrogen (secondary N) is 2. The maximum atomic E-state index is 11.8. The van der Waals surface area contributed by atoms with Crippen LogP contribution in [0.15, 0.2) is 42.6 Å². The standard InChI is InChI=1S/C16H18N4O4/c21-14(18-13-8-10-20(19-13)11-15(22)23)7-4-9-17-16(24)12-5-2-1-3-6-12/h1-3,5-6,8,10H,4,7,9,11H2,(H,17,24)(H,22,23)(H,18,19,21). The number of benzene rings is 1. The van der Waals surface area contributed by atoms with E-state index in [9.17, 15) is 14.4 Å². The van der Waals surface area contributed by atoms with Crippen LogP contribution in [-0.4, -0.2) is 39.2 Å². The van der Waals surface area contributed by atoms with Gasteiger partial charge in [-0.05, 0) is 18.6 Å². The van der Waals surface area contributed by atoms with E-state index in [1.54, 1.807) is 24.3 Å².